The number of halogens is 2. The average molecular weight is 260 g/mol. The molecular weight excluding hydrogens is 249 g/mol. The average Bonchev–Trinajstić information content (AvgIpc) is 3.04. The highest BCUT2D eigenvalue weighted by molar-refractivity contribution is 6.42. The van der Waals surface area contributed by atoms with E-state index in [1.165, 1.54) is 0 Å². The van der Waals surface area contributed by atoms with Crippen LogP contribution in [0.15, 0.2) is 18.2 Å². The number of nitrogens with one attached hydrogen (secondary N) is 1. The molecule has 5 heteroatoms. The Morgan fingerprint density at radius 2 is 2.19 bits per heavy atom. The second-order valence-electron chi connectivity index (χ2n) is 3.68. The summed E-state index contributed by atoms with van der Waals surface area (Å²) in [5.41, 5.74) is 0.851. The van der Waals surface area contributed by atoms with Crippen LogP contribution < -0.4 is 5.32 Å². The van der Waals surface area contributed by atoms with Crippen LogP contribution in [0.1, 0.15) is 5.56 Å². The SMILES string of the molecule is O=C(Cc1ccc(Cl)c(Cl)c1)NC[C@@H]1CO1. The number of hydrogen-bond acceptors (Lipinski definition) is 2. The highest BCUT2D eigenvalue weighted by Gasteiger charge is 2.22. The normalized spacial score (nSPS) is 18.2. The van der Waals surface area contributed by atoms with E-state index in [1.54, 1.807) is 18.2 Å². The summed E-state index contributed by atoms with van der Waals surface area (Å²) in [6.45, 7) is 1.33. The van der Waals surface area contributed by atoms with E-state index in [9.17, 15) is 4.79 Å². The standard InChI is InChI=1S/C11H11Cl2NO2/c12-9-2-1-7(3-10(9)13)4-11(15)14-5-8-6-16-8/h1-3,8H,4-6H2,(H,14,15)/t8-/m1/s1. The Hall–Kier alpha value is -0.770. The molecule has 1 fully saturated rings. The van der Waals surface area contributed by atoms with E-state index in [4.69, 9.17) is 27.9 Å². The second-order valence-corrected chi connectivity index (χ2v) is 4.50. The van der Waals surface area contributed by atoms with Crippen LogP contribution in [0.25, 0.3) is 0 Å². The summed E-state index contributed by atoms with van der Waals surface area (Å²) in [4.78, 5) is 11.5. The number of benzene rings is 1. The van der Waals surface area contributed by atoms with Gasteiger partial charge in [0.05, 0.1) is 29.2 Å². The second kappa shape index (κ2) is 5.04. The summed E-state index contributed by atoms with van der Waals surface area (Å²) in [7, 11) is 0. The predicted octanol–water partition coefficient (Wildman–Crippen LogP) is 2.05. The third-order valence-corrected chi connectivity index (χ3v) is 3.02. The van der Waals surface area contributed by atoms with Crippen LogP contribution >= 0.6 is 23.2 Å². The van der Waals surface area contributed by atoms with Gasteiger partial charge in [0.25, 0.3) is 0 Å². The molecule has 0 unspecified atom stereocenters. The summed E-state index contributed by atoms with van der Waals surface area (Å²) >= 11 is 11.6. The number of hydrogen-bond donors (Lipinski definition) is 1. The number of amides is 1. The number of epoxide rings is 1. The van der Waals surface area contributed by atoms with Crippen molar-refractivity contribution in [2.24, 2.45) is 0 Å². The van der Waals surface area contributed by atoms with Gasteiger partial charge < -0.3 is 10.1 Å². The van der Waals surface area contributed by atoms with Crippen molar-refractivity contribution in [3.8, 4) is 0 Å². The first-order valence-electron chi connectivity index (χ1n) is 4.97. The van der Waals surface area contributed by atoms with E-state index in [-0.39, 0.29) is 12.0 Å². The third-order valence-electron chi connectivity index (χ3n) is 2.28. The van der Waals surface area contributed by atoms with E-state index in [1.807, 2.05) is 0 Å². The molecule has 1 aromatic rings. The van der Waals surface area contributed by atoms with Crippen LogP contribution in [0.4, 0.5) is 0 Å². The van der Waals surface area contributed by atoms with Crippen LogP contribution in [-0.2, 0) is 16.0 Å². The maximum absolute atomic E-state index is 11.5. The number of ether oxygens (including phenoxy) is 1. The van der Waals surface area contributed by atoms with Gasteiger partial charge in [-0.05, 0) is 17.7 Å². The first kappa shape index (κ1) is 11.7. The molecule has 1 N–H and O–H groups in total. The molecule has 16 heavy (non-hydrogen) atoms. The van der Waals surface area contributed by atoms with E-state index in [2.05, 4.69) is 5.32 Å². The van der Waals surface area contributed by atoms with Gasteiger partial charge in [-0.3, -0.25) is 4.79 Å². The summed E-state index contributed by atoms with van der Waals surface area (Å²) < 4.78 is 4.99. The predicted molar refractivity (Wildman–Crippen MR) is 62.9 cm³/mol. The Bertz CT molecular complexity index is 405. The van der Waals surface area contributed by atoms with Crippen LogP contribution in [0, 0.1) is 0 Å². The Kier molecular flexibility index (Phi) is 3.69. The van der Waals surface area contributed by atoms with Gasteiger partial charge in [-0.15, -0.1) is 0 Å². The monoisotopic (exact) mass is 259 g/mol. The van der Waals surface area contributed by atoms with Gasteiger partial charge in [0.1, 0.15) is 0 Å². The van der Waals surface area contributed by atoms with Crippen LogP contribution in [0.3, 0.4) is 0 Å². The van der Waals surface area contributed by atoms with Crippen molar-refractivity contribution in [2.75, 3.05) is 13.2 Å². The minimum absolute atomic E-state index is 0.0334. The minimum atomic E-state index is -0.0334. The lowest BCUT2D eigenvalue weighted by Gasteiger charge is -2.04. The zero-order valence-corrected chi connectivity index (χ0v) is 10.0. The molecule has 2 rings (SSSR count). The fraction of sp³-hybridized carbons (Fsp3) is 0.364. The van der Waals surface area contributed by atoms with Gasteiger partial charge in [-0.1, -0.05) is 29.3 Å². The topological polar surface area (TPSA) is 41.6 Å². The van der Waals surface area contributed by atoms with Crippen LogP contribution in [0.2, 0.25) is 10.0 Å². The van der Waals surface area contributed by atoms with E-state index in [0.717, 1.165) is 12.2 Å². The molecule has 3 nitrogen and oxygen atoms in total. The van der Waals surface area contributed by atoms with Crippen LogP contribution in [-0.4, -0.2) is 25.2 Å². The van der Waals surface area contributed by atoms with Gasteiger partial charge in [-0.25, -0.2) is 0 Å². The Balaban J connectivity index is 1.86. The van der Waals surface area contributed by atoms with Gasteiger partial charge in [0.15, 0.2) is 0 Å². The van der Waals surface area contributed by atoms with Gasteiger partial charge in [0.2, 0.25) is 5.91 Å². The molecule has 0 saturated carbocycles. The quantitative estimate of drug-likeness (QED) is 0.842. The Morgan fingerprint density at radius 1 is 1.44 bits per heavy atom. The summed E-state index contributed by atoms with van der Waals surface area (Å²) in [6, 6.07) is 5.19. The molecule has 0 aliphatic carbocycles. The van der Waals surface area contributed by atoms with E-state index >= 15 is 0 Å². The summed E-state index contributed by atoms with van der Waals surface area (Å²) in [5, 5.41) is 3.75. The molecule has 1 saturated heterocycles. The lowest BCUT2D eigenvalue weighted by molar-refractivity contribution is -0.120. The first-order valence-corrected chi connectivity index (χ1v) is 5.73. The fourth-order valence-electron chi connectivity index (χ4n) is 1.31. The Labute approximate surface area is 104 Å². The molecule has 0 radical (unpaired) electrons. The molecule has 0 spiro atoms. The number of rotatable bonds is 4. The summed E-state index contributed by atoms with van der Waals surface area (Å²) in [5.74, 6) is -0.0334. The molecule has 0 aromatic heterocycles. The molecule has 1 aliphatic heterocycles. The fourth-order valence-corrected chi connectivity index (χ4v) is 1.63. The van der Waals surface area contributed by atoms with Crippen molar-refractivity contribution in [1.29, 1.82) is 0 Å². The van der Waals surface area contributed by atoms with E-state index < -0.39 is 0 Å². The first-order chi connectivity index (χ1) is 7.65. The van der Waals surface area contributed by atoms with Crippen molar-refractivity contribution in [3.05, 3.63) is 33.8 Å². The Morgan fingerprint density at radius 3 is 2.81 bits per heavy atom. The highest BCUT2D eigenvalue weighted by Crippen LogP contribution is 2.22. The lowest BCUT2D eigenvalue weighted by Crippen LogP contribution is -2.28. The van der Waals surface area contributed by atoms with E-state index in [0.29, 0.717) is 23.0 Å². The van der Waals surface area contributed by atoms with Crippen molar-refractivity contribution in [3.63, 3.8) is 0 Å². The van der Waals surface area contributed by atoms with Gasteiger partial charge >= 0.3 is 0 Å². The molecule has 1 aromatic carbocycles. The van der Waals surface area contributed by atoms with Crippen LogP contribution in [0.5, 0.6) is 0 Å². The van der Waals surface area contributed by atoms with Crippen molar-refractivity contribution in [2.45, 2.75) is 12.5 Å². The van der Waals surface area contributed by atoms with Gasteiger partial charge in [-0.2, -0.15) is 0 Å². The number of carbonyl (C=O) groups is 1. The smallest absolute Gasteiger partial charge is 0.224 e. The molecule has 1 amide bonds. The molecule has 1 aliphatic rings. The van der Waals surface area contributed by atoms with Crippen molar-refractivity contribution < 1.29 is 9.53 Å². The maximum Gasteiger partial charge on any atom is 0.224 e. The number of carbonyl (C=O) groups excluding carboxylic acids is 1. The third kappa shape index (κ3) is 3.37. The largest absolute Gasteiger partial charge is 0.371 e. The zero-order chi connectivity index (χ0) is 11.5. The van der Waals surface area contributed by atoms with Gasteiger partial charge in [0, 0.05) is 6.54 Å². The molecule has 1 atom stereocenters. The zero-order valence-electron chi connectivity index (χ0n) is 8.50. The summed E-state index contributed by atoms with van der Waals surface area (Å²) in [6.07, 6.45) is 0.515. The van der Waals surface area contributed by atoms with Crippen molar-refractivity contribution >= 4 is 29.1 Å². The minimum Gasteiger partial charge on any atom is -0.371 e. The molecule has 1 heterocycles. The molecule has 0 bridgehead atoms. The highest BCUT2D eigenvalue weighted by atomic mass is 35.5. The lowest BCUT2D eigenvalue weighted by atomic mass is 10.1. The van der Waals surface area contributed by atoms with Crippen molar-refractivity contribution in [1.82, 2.24) is 5.32 Å². The maximum atomic E-state index is 11.5. The molecular formula is C11H11Cl2NO2. The molecule has 86 valence electrons.